The standard InChI is InChI=1S/C22H22Cl2F2N2O.C5H11NO3/c1-21(2,3)9-19-22(12-7-17(26)15(24)8-18(12)28-20(22)29)13(10-27-19)11-4-5-16(25)14(23)6-11;7-3-5(9)1-2-6-4-8/h4-8,13,19,27H,9-10H2,1-3H3,(H,28,29);4-5,7,9H,1-3H2,(H,6,8)/t13-,19-,22-;/m1./s1. The van der Waals surface area contributed by atoms with E-state index in [4.69, 9.17) is 33.4 Å². The van der Waals surface area contributed by atoms with Crippen LogP contribution in [0, 0.1) is 17.0 Å². The van der Waals surface area contributed by atoms with E-state index >= 15 is 0 Å². The number of amides is 2. The Balaban J connectivity index is 0.000000383. The van der Waals surface area contributed by atoms with Crippen molar-refractivity contribution >= 4 is 41.2 Å². The summed E-state index contributed by atoms with van der Waals surface area (Å²) in [6.45, 7) is 6.94. The predicted molar refractivity (Wildman–Crippen MR) is 144 cm³/mol. The summed E-state index contributed by atoms with van der Waals surface area (Å²) in [6, 6.07) is 7.08. The van der Waals surface area contributed by atoms with Crippen LogP contribution < -0.4 is 16.0 Å². The van der Waals surface area contributed by atoms with E-state index in [0.29, 0.717) is 43.6 Å². The molecule has 1 spiro atoms. The summed E-state index contributed by atoms with van der Waals surface area (Å²) < 4.78 is 28.3. The van der Waals surface area contributed by atoms with E-state index in [1.54, 1.807) is 12.1 Å². The third-order valence-corrected chi connectivity index (χ3v) is 7.46. The summed E-state index contributed by atoms with van der Waals surface area (Å²) in [7, 11) is 0. The molecule has 7 nitrogen and oxygen atoms in total. The van der Waals surface area contributed by atoms with Crippen molar-refractivity contribution in [2.24, 2.45) is 5.41 Å². The number of hydrogen-bond acceptors (Lipinski definition) is 5. The van der Waals surface area contributed by atoms with Crippen LogP contribution in [0.25, 0.3) is 0 Å². The van der Waals surface area contributed by atoms with Gasteiger partial charge in [0.25, 0.3) is 0 Å². The highest BCUT2D eigenvalue weighted by Gasteiger charge is 2.61. The third kappa shape index (κ3) is 6.29. The van der Waals surface area contributed by atoms with E-state index < -0.39 is 23.2 Å². The molecule has 1 fully saturated rings. The molecule has 0 aromatic heterocycles. The molecular formula is C27H33Cl2F2N3O4. The van der Waals surface area contributed by atoms with Crippen LogP contribution in [0.4, 0.5) is 14.5 Å². The van der Waals surface area contributed by atoms with Crippen molar-refractivity contribution in [2.75, 3.05) is 25.0 Å². The smallest absolute Gasteiger partial charge is 0.237 e. The second-order valence-electron chi connectivity index (χ2n) is 10.8. The summed E-state index contributed by atoms with van der Waals surface area (Å²) in [5.41, 5.74) is 0.707. The molecule has 2 aliphatic rings. The summed E-state index contributed by atoms with van der Waals surface area (Å²) in [5.74, 6) is -1.64. The number of nitrogens with one attached hydrogen (secondary N) is 3. The Morgan fingerprint density at radius 1 is 1.18 bits per heavy atom. The monoisotopic (exact) mass is 571 g/mol. The van der Waals surface area contributed by atoms with Gasteiger partial charge in [0.15, 0.2) is 0 Å². The van der Waals surface area contributed by atoms with E-state index in [9.17, 15) is 18.4 Å². The Kier molecular flexibility index (Phi) is 9.76. The molecule has 2 amide bonds. The normalized spacial score (nSPS) is 22.9. The zero-order valence-electron chi connectivity index (χ0n) is 21.5. The molecule has 4 rings (SSSR count). The summed E-state index contributed by atoms with van der Waals surface area (Å²) in [4.78, 5) is 23.1. The summed E-state index contributed by atoms with van der Waals surface area (Å²) in [6.07, 6.45) is 0.937. The first-order chi connectivity index (χ1) is 17.8. The molecule has 11 heteroatoms. The lowest BCUT2D eigenvalue weighted by Gasteiger charge is -2.37. The van der Waals surface area contributed by atoms with Crippen LogP contribution in [0.15, 0.2) is 30.3 Å². The van der Waals surface area contributed by atoms with Crippen molar-refractivity contribution in [3.63, 3.8) is 0 Å². The molecule has 0 saturated carbocycles. The van der Waals surface area contributed by atoms with Gasteiger partial charge in [-0.1, -0.05) is 50.0 Å². The summed E-state index contributed by atoms with van der Waals surface area (Å²) in [5, 5.41) is 25.6. The minimum Gasteiger partial charge on any atom is -0.394 e. The molecule has 0 aliphatic carbocycles. The first-order valence-corrected chi connectivity index (χ1v) is 13.1. The van der Waals surface area contributed by atoms with Gasteiger partial charge in [0, 0.05) is 30.7 Å². The van der Waals surface area contributed by atoms with Gasteiger partial charge in [-0.2, -0.15) is 0 Å². The SMILES string of the molecule is CC(C)(C)C[C@H]1NC[C@H](c2ccc(F)c(Cl)c2)[C@@]12C(=O)Nc1cc(Cl)c(F)cc12.O=CNCCC(O)CO. The summed E-state index contributed by atoms with van der Waals surface area (Å²) >= 11 is 12.0. The van der Waals surface area contributed by atoms with Gasteiger partial charge in [-0.3, -0.25) is 9.59 Å². The Morgan fingerprint density at radius 2 is 1.87 bits per heavy atom. The molecule has 0 bridgehead atoms. The average Bonchev–Trinajstić information content (AvgIpc) is 3.34. The molecule has 208 valence electrons. The van der Waals surface area contributed by atoms with Crippen LogP contribution in [-0.2, 0) is 15.0 Å². The van der Waals surface area contributed by atoms with Crippen molar-refractivity contribution < 1.29 is 28.6 Å². The Labute approximate surface area is 230 Å². The number of halogens is 4. The number of rotatable bonds is 7. The first-order valence-electron chi connectivity index (χ1n) is 12.3. The van der Waals surface area contributed by atoms with E-state index in [1.165, 1.54) is 18.2 Å². The highest BCUT2D eigenvalue weighted by molar-refractivity contribution is 6.31. The largest absolute Gasteiger partial charge is 0.394 e. The van der Waals surface area contributed by atoms with Crippen molar-refractivity contribution in [3.05, 3.63) is 63.1 Å². The number of benzene rings is 2. The molecule has 1 saturated heterocycles. The van der Waals surface area contributed by atoms with Crippen molar-refractivity contribution in [1.29, 1.82) is 0 Å². The number of carbonyl (C=O) groups excluding carboxylic acids is 2. The molecule has 2 aromatic carbocycles. The van der Waals surface area contributed by atoms with Gasteiger partial charge in [-0.25, -0.2) is 8.78 Å². The first kappa shape index (κ1) is 30.2. The number of fused-ring (bicyclic) bond motifs is 2. The number of aliphatic hydroxyl groups is 2. The predicted octanol–water partition coefficient (Wildman–Crippen LogP) is 4.13. The van der Waals surface area contributed by atoms with Crippen LogP contribution in [0.3, 0.4) is 0 Å². The zero-order chi connectivity index (χ0) is 28.3. The van der Waals surface area contributed by atoms with Gasteiger partial charge in [0.05, 0.1) is 28.2 Å². The van der Waals surface area contributed by atoms with E-state index in [2.05, 4.69) is 36.7 Å². The fourth-order valence-corrected chi connectivity index (χ4v) is 5.57. The molecule has 2 aromatic rings. The highest BCUT2D eigenvalue weighted by Crippen LogP contribution is 2.55. The van der Waals surface area contributed by atoms with Gasteiger partial charge in [0.2, 0.25) is 12.3 Å². The van der Waals surface area contributed by atoms with Gasteiger partial charge < -0.3 is 26.2 Å². The highest BCUT2D eigenvalue weighted by atomic mass is 35.5. The molecule has 5 N–H and O–H groups in total. The third-order valence-electron chi connectivity index (χ3n) is 6.88. The Morgan fingerprint density at radius 3 is 2.47 bits per heavy atom. The maximum absolute atomic E-state index is 14.5. The van der Waals surface area contributed by atoms with Crippen LogP contribution in [0.1, 0.15) is 50.7 Å². The van der Waals surface area contributed by atoms with Crippen molar-refractivity contribution in [3.8, 4) is 0 Å². The molecule has 2 aliphatic heterocycles. The maximum atomic E-state index is 14.5. The molecule has 38 heavy (non-hydrogen) atoms. The van der Waals surface area contributed by atoms with Crippen LogP contribution >= 0.6 is 23.2 Å². The lowest BCUT2D eigenvalue weighted by molar-refractivity contribution is -0.122. The number of aliphatic hydroxyl groups excluding tert-OH is 2. The van der Waals surface area contributed by atoms with Gasteiger partial charge >= 0.3 is 0 Å². The van der Waals surface area contributed by atoms with Crippen LogP contribution in [0.5, 0.6) is 0 Å². The molecular weight excluding hydrogens is 539 g/mol. The van der Waals surface area contributed by atoms with Gasteiger partial charge in [-0.15, -0.1) is 0 Å². The molecule has 4 atom stereocenters. The number of hydrogen-bond donors (Lipinski definition) is 5. The van der Waals surface area contributed by atoms with Gasteiger partial charge in [0.1, 0.15) is 11.6 Å². The van der Waals surface area contributed by atoms with Crippen molar-refractivity contribution in [2.45, 2.75) is 57.1 Å². The van der Waals surface area contributed by atoms with Crippen molar-refractivity contribution in [1.82, 2.24) is 10.6 Å². The Bertz CT molecular complexity index is 1180. The fraction of sp³-hybridized carbons (Fsp3) is 0.481. The quantitative estimate of drug-likeness (QED) is 0.253. The average molecular weight is 572 g/mol. The van der Waals surface area contributed by atoms with Crippen LogP contribution in [0.2, 0.25) is 10.0 Å². The van der Waals surface area contributed by atoms with Gasteiger partial charge in [-0.05, 0) is 53.6 Å². The van der Waals surface area contributed by atoms with E-state index in [0.717, 1.165) is 5.56 Å². The Hall–Kier alpha value is -2.30. The lowest BCUT2D eigenvalue weighted by Crippen LogP contribution is -2.49. The van der Waals surface area contributed by atoms with E-state index in [-0.39, 0.29) is 39.9 Å². The molecule has 2 heterocycles. The minimum absolute atomic E-state index is 0.00200. The maximum Gasteiger partial charge on any atom is 0.237 e. The van der Waals surface area contributed by atoms with Crippen LogP contribution in [-0.4, -0.2) is 54.4 Å². The topological polar surface area (TPSA) is 111 Å². The number of carbonyl (C=O) groups is 2. The second kappa shape index (κ2) is 12.3. The zero-order valence-corrected chi connectivity index (χ0v) is 23.0. The second-order valence-corrected chi connectivity index (χ2v) is 11.6. The molecule has 0 radical (unpaired) electrons. The van der Waals surface area contributed by atoms with E-state index in [1.807, 2.05) is 0 Å². The lowest BCUT2D eigenvalue weighted by atomic mass is 9.64. The fourth-order valence-electron chi connectivity index (χ4n) is 5.21. The minimum atomic E-state index is -1.05. The molecule has 1 unspecified atom stereocenters. The number of anilines is 1.